The molecule has 2 aromatic carbocycles. The van der Waals surface area contributed by atoms with Crippen LogP contribution >= 0.6 is 0 Å². The van der Waals surface area contributed by atoms with Crippen LogP contribution in [0, 0.1) is 5.82 Å². The average Bonchev–Trinajstić information content (AvgIpc) is 2.62. The molecule has 0 saturated carbocycles. The first-order valence-corrected chi connectivity index (χ1v) is 7.97. The fourth-order valence-electron chi connectivity index (χ4n) is 2.41. The van der Waals surface area contributed by atoms with Gasteiger partial charge in [-0.15, -0.1) is 0 Å². The van der Waals surface area contributed by atoms with Gasteiger partial charge >= 0.3 is 0 Å². The zero-order valence-electron chi connectivity index (χ0n) is 13.9. The van der Waals surface area contributed by atoms with Crippen molar-refractivity contribution in [3.05, 3.63) is 71.0 Å². The third-order valence-electron chi connectivity index (χ3n) is 3.82. The van der Waals surface area contributed by atoms with Crippen molar-refractivity contribution in [2.75, 3.05) is 13.1 Å². The molecule has 0 atom stereocenters. The minimum atomic E-state index is -0.358. The summed E-state index contributed by atoms with van der Waals surface area (Å²) in [5.41, 5.74) is 1.27. The lowest BCUT2D eigenvalue weighted by atomic mass is 10.1. The first-order chi connectivity index (χ1) is 11.6. The van der Waals surface area contributed by atoms with E-state index >= 15 is 0 Å². The Kier molecular flexibility index (Phi) is 6.07. The lowest BCUT2D eigenvalue weighted by molar-refractivity contribution is 0.0773. The Bertz CT molecular complexity index is 727. The second-order valence-electron chi connectivity index (χ2n) is 5.33. The third kappa shape index (κ3) is 4.19. The highest BCUT2D eigenvalue weighted by molar-refractivity contribution is 5.99. The summed E-state index contributed by atoms with van der Waals surface area (Å²) in [5.74, 6) is -0.806. The predicted molar refractivity (Wildman–Crippen MR) is 91.3 cm³/mol. The molecule has 0 saturated heterocycles. The van der Waals surface area contributed by atoms with Gasteiger partial charge < -0.3 is 10.2 Å². The van der Waals surface area contributed by atoms with Crippen molar-refractivity contribution in [1.82, 2.24) is 10.2 Å². The van der Waals surface area contributed by atoms with Gasteiger partial charge in [0.05, 0.1) is 0 Å². The molecule has 0 heterocycles. The minimum absolute atomic E-state index is 0.0970. The molecular formula is C19H21FN2O2. The first-order valence-electron chi connectivity index (χ1n) is 7.97. The predicted octanol–water partition coefficient (Wildman–Crippen LogP) is 3.24. The van der Waals surface area contributed by atoms with E-state index in [2.05, 4.69) is 5.32 Å². The van der Waals surface area contributed by atoms with Crippen molar-refractivity contribution in [2.24, 2.45) is 0 Å². The number of rotatable bonds is 6. The van der Waals surface area contributed by atoms with Crippen molar-refractivity contribution in [2.45, 2.75) is 20.4 Å². The highest BCUT2D eigenvalue weighted by Crippen LogP contribution is 2.10. The smallest absolute Gasteiger partial charge is 0.253 e. The van der Waals surface area contributed by atoms with Crippen LogP contribution < -0.4 is 5.32 Å². The molecular weight excluding hydrogens is 307 g/mol. The number of nitrogens with one attached hydrogen (secondary N) is 1. The molecule has 1 N–H and O–H groups in total. The molecule has 0 aliphatic heterocycles. The van der Waals surface area contributed by atoms with E-state index in [0.29, 0.717) is 29.8 Å². The molecule has 0 spiro atoms. The summed E-state index contributed by atoms with van der Waals surface area (Å²) < 4.78 is 13.6. The van der Waals surface area contributed by atoms with Gasteiger partial charge in [-0.05, 0) is 38.1 Å². The van der Waals surface area contributed by atoms with E-state index in [1.807, 2.05) is 13.8 Å². The molecule has 2 aromatic rings. The number of nitrogens with zero attached hydrogens (tertiary/aromatic N) is 1. The first kappa shape index (κ1) is 17.7. The summed E-state index contributed by atoms with van der Waals surface area (Å²) in [6.45, 7) is 5.14. The zero-order valence-corrected chi connectivity index (χ0v) is 13.9. The maximum absolute atomic E-state index is 13.6. The average molecular weight is 328 g/mol. The maximum Gasteiger partial charge on any atom is 0.253 e. The number of amides is 2. The molecule has 24 heavy (non-hydrogen) atoms. The standard InChI is InChI=1S/C19H21FN2O2/c1-3-22(4-2)19(24)15-10-7-9-14(12-15)18(23)21-13-16-8-5-6-11-17(16)20/h5-12H,3-4,13H2,1-2H3,(H,21,23). The highest BCUT2D eigenvalue weighted by Gasteiger charge is 2.14. The Labute approximate surface area is 141 Å². The van der Waals surface area contributed by atoms with Crippen molar-refractivity contribution < 1.29 is 14.0 Å². The summed E-state index contributed by atoms with van der Waals surface area (Å²) in [5, 5.41) is 2.68. The second kappa shape index (κ2) is 8.24. The molecule has 0 aliphatic carbocycles. The van der Waals surface area contributed by atoms with Crippen molar-refractivity contribution in [1.29, 1.82) is 0 Å². The number of hydrogen-bond donors (Lipinski definition) is 1. The van der Waals surface area contributed by atoms with E-state index in [0.717, 1.165) is 0 Å². The van der Waals surface area contributed by atoms with Crippen molar-refractivity contribution in [3.63, 3.8) is 0 Å². The Balaban J connectivity index is 2.09. The van der Waals surface area contributed by atoms with Gasteiger partial charge in [0.15, 0.2) is 0 Å². The summed E-state index contributed by atoms with van der Waals surface area (Å²) in [7, 11) is 0. The molecule has 0 bridgehead atoms. The monoisotopic (exact) mass is 328 g/mol. The fraction of sp³-hybridized carbons (Fsp3) is 0.263. The normalized spacial score (nSPS) is 10.3. The van der Waals surface area contributed by atoms with Crippen LogP contribution in [0.25, 0.3) is 0 Å². The van der Waals surface area contributed by atoms with E-state index in [1.54, 1.807) is 47.4 Å². The van der Waals surface area contributed by atoms with Crippen molar-refractivity contribution in [3.8, 4) is 0 Å². The lowest BCUT2D eigenvalue weighted by Gasteiger charge is -2.18. The molecule has 0 radical (unpaired) electrons. The largest absolute Gasteiger partial charge is 0.348 e. The number of carbonyl (C=O) groups excluding carboxylic acids is 2. The molecule has 126 valence electrons. The molecule has 5 heteroatoms. The summed E-state index contributed by atoms with van der Waals surface area (Å²) in [6.07, 6.45) is 0. The Morgan fingerprint density at radius 1 is 1.00 bits per heavy atom. The molecule has 0 aliphatic rings. The lowest BCUT2D eigenvalue weighted by Crippen LogP contribution is -2.31. The molecule has 0 unspecified atom stereocenters. The number of halogens is 1. The van der Waals surface area contributed by atoms with Gasteiger partial charge in [0.2, 0.25) is 0 Å². The van der Waals surface area contributed by atoms with Gasteiger partial charge in [-0.25, -0.2) is 4.39 Å². The molecule has 4 nitrogen and oxygen atoms in total. The van der Waals surface area contributed by atoms with Gasteiger partial charge in [-0.3, -0.25) is 9.59 Å². The van der Waals surface area contributed by atoms with Crippen LogP contribution in [0.15, 0.2) is 48.5 Å². The zero-order chi connectivity index (χ0) is 17.5. The molecule has 0 aromatic heterocycles. The minimum Gasteiger partial charge on any atom is -0.348 e. The van der Waals surface area contributed by atoms with Crippen LogP contribution in [-0.4, -0.2) is 29.8 Å². The molecule has 2 rings (SSSR count). The van der Waals surface area contributed by atoms with Crippen molar-refractivity contribution >= 4 is 11.8 Å². The van der Waals surface area contributed by atoms with Crippen LogP contribution in [-0.2, 0) is 6.54 Å². The Hall–Kier alpha value is -2.69. The highest BCUT2D eigenvalue weighted by atomic mass is 19.1. The SMILES string of the molecule is CCN(CC)C(=O)c1cccc(C(=O)NCc2ccccc2F)c1. The van der Waals surface area contributed by atoms with E-state index in [9.17, 15) is 14.0 Å². The van der Waals surface area contributed by atoms with E-state index < -0.39 is 0 Å². The summed E-state index contributed by atoms with van der Waals surface area (Å²) in [4.78, 5) is 26.3. The van der Waals surface area contributed by atoms with E-state index in [4.69, 9.17) is 0 Å². The van der Waals surface area contributed by atoms with E-state index in [-0.39, 0.29) is 24.2 Å². The number of benzene rings is 2. The molecule has 0 fully saturated rings. The Morgan fingerprint density at radius 3 is 2.33 bits per heavy atom. The number of hydrogen-bond acceptors (Lipinski definition) is 2. The summed E-state index contributed by atoms with van der Waals surface area (Å²) in [6, 6.07) is 12.9. The van der Waals surface area contributed by atoms with Gasteiger partial charge in [0.25, 0.3) is 11.8 Å². The number of carbonyl (C=O) groups is 2. The van der Waals surface area contributed by atoms with E-state index in [1.165, 1.54) is 6.07 Å². The fourth-order valence-corrected chi connectivity index (χ4v) is 2.41. The van der Waals surface area contributed by atoms with Crippen LogP contribution in [0.1, 0.15) is 40.1 Å². The second-order valence-corrected chi connectivity index (χ2v) is 5.33. The van der Waals surface area contributed by atoms with Crippen LogP contribution in [0.3, 0.4) is 0 Å². The quantitative estimate of drug-likeness (QED) is 0.885. The van der Waals surface area contributed by atoms with Crippen LogP contribution in [0.2, 0.25) is 0 Å². The summed E-state index contributed by atoms with van der Waals surface area (Å²) >= 11 is 0. The molecule has 2 amide bonds. The Morgan fingerprint density at radius 2 is 1.67 bits per heavy atom. The maximum atomic E-state index is 13.6. The third-order valence-corrected chi connectivity index (χ3v) is 3.82. The van der Waals surface area contributed by atoms with Crippen LogP contribution in [0.4, 0.5) is 4.39 Å². The van der Waals surface area contributed by atoms with Gasteiger partial charge in [-0.2, -0.15) is 0 Å². The van der Waals surface area contributed by atoms with Gasteiger partial charge in [0, 0.05) is 36.3 Å². The van der Waals surface area contributed by atoms with Gasteiger partial charge in [0.1, 0.15) is 5.82 Å². The van der Waals surface area contributed by atoms with Gasteiger partial charge in [-0.1, -0.05) is 24.3 Å². The van der Waals surface area contributed by atoms with Crippen LogP contribution in [0.5, 0.6) is 0 Å². The topological polar surface area (TPSA) is 49.4 Å².